The van der Waals surface area contributed by atoms with E-state index in [1.807, 2.05) is 20.0 Å². The molecule has 5 nitrogen and oxygen atoms in total. The number of nitrogens with zero attached hydrogens (tertiary/aromatic N) is 3. The van der Waals surface area contributed by atoms with Crippen LogP contribution in [0, 0.1) is 13.8 Å². The summed E-state index contributed by atoms with van der Waals surface area (Å²) in [6.45, 7) is 5.98. The molecule has 2 aromatic heterocycles. The van der Waals surface area contributed by atoms with Gasteiger partial charge in [0.25, 0.3) is 0 Å². The van der Waals surface area contributed by atoms with Crippen molar-refractivity contribution >= 4 is 0 Å². The SMILES string of the molecule is Cc1cnc(-c2noc(C3CCNC3)n2)c(C)c1. The van der Waals surface area contributed by atoms with Gasteiger partial charge in [0.2, 0.25) is 11.7 Å². The summed E-state index contributed by atoms with van der Waals surface area (Å²) in [6, 6.07) is 2.08. The lowest BCUT2D eigenvalue weighted by Crippen LogP contribution is -2.08. The molecule has 5 heteroatoms. The van der Waals surface area contributed by atoms with Crippen LogP contribution in [0.2, 0.25) is 0 Å². The number of aromatic nitrogens is 3. The van der Waals surface area contributed by atoms with E-state index in [9.17, 15) is 0 Å². The van der Waals surface area contributed by atoms with Crippen molar-refractivity contribution in [3.63, 3.8) is 0 Å². The molecule has 0 saturated carbocycles. The summed E-state index contributed by atoms with van der Waals surface area (Å²) in [4.78, 5) is 8.86. The molecule has 0 bridgehead atoms. The van der Waals surface area contributed by atoms with Gasteiger partial charge in [0.05, 0.1) is 5.92 Å². The van der Waals surface area contributed by atoms with E-state index in [-0.39, 0.29) is 0 Å². The topological polar surface area (TPSA) is 63.8 Å². The fourth-order valence-corrected chi connectivity index (χ4v) is 2.31. The van der Waals surface area contributed by atoms with E-state index in [1.54, 1.807) is 0 Å². The molecule has 1 fully saturated rings. The Morgan fingerprint density at radius 2 is 2.28 bits per heavy atom. The minimum absolute atomic E-state index is 0.344. The third kappa shape index (κ3) is 2.01. The number of aryl methyl sites for hydroxylation is 2. The predicted octanol–water partition coefficient (Wildman–Crippen LogP) is 1.83. The van der Waals surface area contributed by atoms with Crippen LogP contribution >= 0.6 is 0 Å². The van der Waals surface area contributed by atoms with E-state index in [0.717, 1.165) is 42.2 Å². The van der Waals surface area contributed by atoms with E-state index in [0.29, 0.717) is 11.7 Å². The van der Waals surface area contributed by atoms with Gasteiger partial charge >= 0.3 is 0 Å². The first kappa shape index (κ1) is 11.3. The summed E-state index contributed by atoms with van der Waals surface area (Å²) < 4.78 is 5.35. The fraction of sp³-hybridized carbons (Fsp3) is 0.462. The molecular formula is C13H16N4O. The Hall–Kier alpha value is -1.75. The van der Waals surface area contributed by atoms with Crippen molar-refractivity contribution in [2.75, 3.05) is 13.1 Å². The predicted molar refractivity (Wildman–Crippen MR) is 67.2 cm³/mol. The fourth-order valence-electron chi connectivity index (χ4n) is 2.31. The zero-order valence-electron chi connectivity index (χ0n) is 10.6. The molecule has 1 aliphatic rings. The monoisotopic (exact) mass is 244 g/mol. The van der Waals surface area contributed by atoms with Gasteiger partial charge in [-0.25, -0.2) is 0 Å². The lowest BCUT2D eigenvalue weighted by atomic mass is 10.1. The lowest BCUT2D eigenvalue weighted by Gasteiger charge is -2.01. The Labute approximate surface area is 106 Å². The number of rotatable bonds is 2. The van der Waals surface area contributed by atoms with Crippen LogP contribution in [0.1, 0.15) is 29.4 Å². The molecule has 18 heavy (non-hydrogen) atoms. The van der Waals surface area contributed by atoms with Gasteiger partial charge in [-0.2, -0.15) is 4.98 Å². The average molecular weight is 244 g/mol. The highest BCUT2D eigenvalue weighted by molar-refractivity contribution is 5.54. The van der Waals surface area contributed by atoms with E-state index in [2.05, 4.69) is 26.5 Å². The normalized spacial score (nSPS) is 19.3. The second-order valence-electron chi connectivity index (χ2n) is 4.82. The summed E-state index contributed by atoms with van der Waals surface area (Å²) in [6.07, 6.45) is 2.89. The Kier molecular flexibility index (Phi) is 2.83. The van der Waals surface area contributed by atoms with Gasteiger partial charge in [-0.15, -0.1) is 0 Å². The van der Waals surface area contributed by atoms with Crippen LogP contribution in [0.4, 0.5) is 0 Å². The number of pyridine rings is 1. The standard InChI is InChI=1S/C13H16N4O/c1-8-5-9(2)11(15-6-8)12-16-13(18-17-12)10-3-4-14-7-10/h5-6,10,14H,3-4,7H2,1-2H3. The molecule has 0 spiro atoms. The van der Waals surface area contributed by atoms with Crippen LogP contribution in [0.5, 0.6) is 0 Å². The molecule has 94 valence electrons. The molecule has 0 aromatic carbocycles. The van der Waals surface area contributed by atoms with E-state index < -0.39 is 0 Å². The van der Waals surface area contributed by atoms with Crippen molar-refractivity contribution in [1.29, 1.82) is 0 Å². The molecule has 1 atom stereocenters. The van der Waals surface area contributed by atoms with Gasteiger partial charge in [0.1, 0.15) is 5.69 Å². The molecule has 1 N–H and O–H groups in total. The second kappa shape index (κ2) is 4.49. The lowest BCUT2D eigenvalue weighted by molar-refractivity contribution is 0.359. The third-order valence-corrected chi connectivity index (χ3v) is 3.28. The highest BCUT2D eigenvalue weighted by Crippen LogP contribution is 2.24. The molecule has 0 aliphatic carbocycles. The van der Waals surface area contributed by atoms with Gasteiger partial charge in [0, 0.05) is 12.7 Å². The summed E-state index contributed by atoms with van der Waals surface area (Å²) in [5.74, 6) is 1.66. The highest BCUT2D eigenvalue weighted by atomic mass is 16.5. The Bertz CT molecular complexity index is 558. The molecule has 1 aliphatic heterocycles. The zero-order valence-corrected chi connectivity index (χ0v) is 10.6. The summed E-state index contributed by atoms with van der Waals surface area (Å²) in [5, 5.41) is 7.34. The molecule has 0 radical (unpaired) electrons. The van der Waals surface area contributed by atoms with Crippen LogP contribution in [0.3, 0.4) is 0 Å². The van der Waals surface area contributed by atoms with E-state index >= 15 is 0 Å². The van der Waals surface area contributed by atoms with Crippen LogP contribution in [-0.4, -0.2) is 28.2 Å². The number of hydrogen-bond donors (Lipinski definition) is 1. The van der Waals surface area contributed by atoms with Gasteiger partial charge in [-0.1, -0.05) is 11.2 Å². The maximum Gasteiger partial charge on any atom is 0.231 e. The third-order valence-electron chi connectivity index (χ3n) is 3.28. The van der Waals surface area contributed by atoms with Crippen LogP contribution in [0.25, 0.3) is 11.5 Å². The van der Waals surface area contributed by atoms with Crippen LogP contribution < -0.4 is 5.32 Å². The molecule has 3 rings (SSSR count). The molecular weight excluding hydrogens is 228 g/mol. The maximum atomic E-state index is 5.35. The molecule has 2 aromatic rings. The van der Waals surface area contributed by atoms with Crippen molar-refractivity contribution in [2.45, 2.75) is 26.2 Å². The smallest absolute Gasteiger partial charge is 0.231 e. The first-order valence-corrected chi connectivity index (χ1v) is 6.22. The Balaban J connectivity index is 1.92. The summed E-state index contributed by atoms with van der Waals surface area (Å²) >= 11 is 0. The summed E-state index contributed by atoms with van der Waals surface area (Å²) in [7, 11) is 0. The van der Waals surface area contributed by atoms with Crippen molar-refractivity contribution in [3.05, 3.63) is 29.3 Å². The van der Waals surface area contributed by atoms with Gasteiger partial charge in [-0.3, -0.25) is 4.98 Å². The minimum atomic E-state index is 0.344. The van der Waals surface area contributed by atoms with E-state index in [4.69, 9.17) is 4.52 Å². The Morgan fingerprint density at radius 1 is 1.39 bits per heavy atom. The zero-order chi connectivity index (χ0) is 12.5. The number of hydrogen-bond acceptors (Lipinski definition) is 5. The van der Waals surface area contributed by atoms with Crippen molar-refractivity contribution in [3.8, 4) is 11.5 Å². The van der Waals surface area contributed by atoms with E-state index in [1.165, 1.54) is 0 Å². The maximum absolute atomic E-state index is 5.35. The van der Waals surface area contributed by atoms with Crippen LogP contribution in [0.15, 0.2) is 16.8 Å². The number of nitrogens with one attached hydrogen (secondary N) is 1. The largest absolute Gasteiger partial charge is 0.339 e. The van der Waals surface area contributed by atoms with Gasteiger partial charge in [0.15, 0.2) is 0 Å². The van der Waals surface area contributed by atoms with Gasteiger partial charge < -0.3 is 9.84 Å². The van der Waals surface area contributed by atoms with Gasteiger partial charge in [-0.05, 0) is 37.9 Å². The first-order valence-electron chi connectivity index (χ1n) is 6.22. The first-order chi connectivity index (χ1) is 8.74. The van der Waals surface area contributed by atoms with Crippen molar-refractivity contribution in [2.24, 2.45) is 0 Å². The van der Waals surface area contributed by atoms with Crippen molar-refractivity contribution in [1.82, 2.24) is 20.4 Å². The highest BCUT2D eigenvalue weighted by Gasteiger charge is 2.23. The molecule has 0 amide bonds. The quantitative estimate of drug-likeness (QED) is 0.873. The second-order valence-corrected chi connectivity index (χ2v) is 4.82. The van der Waals surface area contributed by atoms with Crippen molar-refractivity contribution < 1.29 is 4.52 Å². The Morgan fingerprint density at radius 3 is 3.00 bits per heavy atom. The average Bonchev–Trinajstić information content (AvgIpc) is 2.99. The summed E-state index contributed by atoms with van der Waals surface area (Å²) in [5.41, 5.74) is 3.02. The molecule has 1 saturated heterocycles. The molecule has 1 unspecified atom stereocenters. The van der Waals surface area contributed by atoms with Crippen LogP contribution in [-0.2, 0) is 0 Å². The minimum Gasteiger partial charge on any atom is -0.339 e. The molecule has 3 heterocycles.